The van der Waals surface area contributed by atoms with Gasteiger partial charge in [-0.2, -0.15) is 0 Å². The Morgan fingerprint density at radius 2 is 2.12 bits per heavy atom. The Morgan fingerprint density at radius 1 is 1.38 bits per heavy atom. The van der Waals surface area contributed by atoms with Crippen LogP contribution in [-0.2, 0) is 0 Å². The summed E-state index contributed by atoms with van der Waals surface area (Å²) in [6, 6.07) is 7.03. The Morgan fingerprint density at radius 3 is 2.81 bits per heavy atom. The van der Waals surface area contributed by atoms with E-state index in [1.165, 1.54) is 0 Å². The lowest BCUT2D eigenvalue weighted by Crippen LogP contribution is -2.06. The maximum Gasteiger partial charge on any atom is 0.189 e. The zero-order valence-corrected chi connectivity index (χ0v) is 9.70. The highest BCUT2D eigenvalue weighted by Crippen LogP contribution is 2.26. The minimum absolute atomic E-state index is 0.0171. The van der Waals surface area contributed by atoms with Crippen LogP contribution in [0.3, 0.4) is 0 Å². The summed E-state index contributed by atoms with van der Waals surface area (Å²) in [5.41, 5.74) is 2.72. The molecule has 0 saturated carbocycles. The summed E-state index contributed by atoms with van der Waals surface area (Å²) in [6.07, 6.45) is 1.99. The minimum atomic E-state index is 0.0171. The van der Waals surface area contributed by atoms with Crippen LogP contribution >= 0.6 is 0 Å². The maximum absolute atomic E-state index is 11.7. The Kier molecular flexibility index (Phi) is 2.65. The molecule has 1 aliphatic heterocycles. The van der Waals surface area contributed by atoms with Crippen molar-refractivity contribution in [3.8, 4) is 11.3 Å². The normalized spacial score (nSPS) is 12.1. The van der Waals surface area contributed by atoms with Crippen LogP contribution in [0.1, 0.15) is 25.2 Å². The molecule has 0 fully saturated rings. The molecule has 1 aliphatic carbocycles. The quantitative estimate of drug-likeness (QED) is 0.727. The van der Waals surface area contributed by atoms with Crippen LogP contribution in [0.2, 0.25) is 0 Å². The number of benzene rings is 1. The first-order valence-electron chi connectivity index (χ1n) is 5.30. The summed E-state index contributed by atoms with van der Waals surface area (Å²) in [4.78, 5) is 11.7. The monoisotopic (exact) mass is 214 g/mol. The summed E-state index contributed by atoms with van der Waals surface area (Å²) in [5, 5.41) is 0. The first-order valence-corrected chi connectivity index (χ1v) is 5.30. The minimum Gasteiger partial charge on any atom is -0.456 e. The Labute approximate surface area is 94.6 Å². The molecule has 2 rings (SSSR count). The first kappa shape index (κ1) is 10.7. The van der Waals surface area contributed by atoms with Crippen molar-refractivity contribution in [3.63, 3.8) is 0 Å². The van der Waals surface area contributed by atoms with Gasteiger partial charge in [-0.15, -0.1) is 0 Å². The van der Waals surface area contributed by atoms with Gasteiger partial charge in [-0.3, -0.25) is 4.79 Å². The van der Waals surface area contributed by atoms with E-state index in [4.69, 9.17) is 4.42 Å². The van der Waals surface area contributed by atoms with Crippen LogP contribution in [0, 0.1) is 6.92 Å². The summed E-state index contributed by atoms with van der Waals surface area (Å²) in [7, 11) is 0. The molecule has 0 atom stereocenters. The smallest absolute Gasteiger partial charge is 0.189 e. The molecule has 0 N–H and O–H groups in total. The number of hydrogen-bond donors (Lipinski definition) is 0. The van der Waals surface area contributed by atoms with Crippen LogP contribution in [0.25, 0.3) is 16.9 Å². The molecule has 0 spiro atoms. The van der Waals surface area contributed by atoms with Gasteiger partial charge in [0.05, 0.1) is 5.56 Å². The first-order chi connectivity index (χ1) is 7.63. The van der Waals surface area contributed by atoms with Gasteiger partial charge in [0, 0.05) is 0 Å². The number of fused-ring (bicyclic) bond motifs is 1. The van der Waals surface area contributed by atoms with Crippen molar-refractivity contribution in [1.82, 2.24) is 0 Å². The third-order valence-electron chi connectivity index (χ3n) is 2.77. The van der Waals surface area contributed by atoms with Crippen molar-refractivity contribution >= 4 is 5.57 Å². The van der Waals surface area contributed by atoms with Crippen molar-refractivity contribution in [1.29, 1.82) is 0 Å². The zero-order chi connectivity index (χ0) is 11.7. The lowest BCUT2D eigenvalue weighted by Gasteiger charge is -2.10. The number of hydrogen-bond acceptors (Lipinski definition) is 2. The fourth-order valence-corrected chi connectivity index (χ4v) is 1.74. The van der Waals surface area contributed by atoms with Crippen LogP contribution in [-0.4, -0.2) is 0 Å². The van der Waals surface area contributed by atoms with Gasteiger partial charge in [0.15, 0.2) is 5.43 Å². The van der Waals surface area contributed by atoms with Crippen molar-refractivity contribution < 1.29 is 4.42 Å². The second kappa shape index (κ2) is 3.97. The van der Waals surface area contributed by atoms with Crippen molar-refractivity contribution in [2.45, 2.75) is 20.8 Å². The van der Waals surface area contributed by atoms with E-state index >= 15 is 0 Å². The molecule has 0 saturated heterocycles. The molecule has 2 aliphatic rings. The lowest BCUT2D eigenvalue weighted by atomic mass is 10.0. The predicted octanol–water partition coefficient (Wildman–Crippen LogP) is 3.48. The molecule has 0 unspecified atom stereocenters. The molecule has 82 valence electrons. The average Bonchev–Trinajstić information content (AvgIpc) is 2.27. The van der Waals surface area contributed by atoms with E-state index in [0.29, 0.717) is 11.3 Å². The third kappa shape index (κ3) is 1.67. The molecule has 0 aromatic carbocycles. The third-order valence-corrected chi connectivity index (χ3v) is 2.77. The van der Waals surface area contributed by atoms with E-state index in [1.54, 1.807) is 12.1 Å². The van der Waals surface area contributed by atoms with E-state index in [1.807, 2.05) is 39.0 Å². The van der Waals surface area contributed by atoms with E-state index in [0.717, 1.165) is 16.9 Å². The second-order valence-corrected chi connectivity index (χ2v) is 3.89. The van der Waals surface area contributed by atoms with Crippen LogP contribution in [0.5, 0.6) is 0 Å². The molecule has 0 radical (unpaired) electrons. The van der Waals surface area contributed by atoms with Gasteiger partial charge in [-0.25, -0.2) is 0 Å². The summed E-state index contributed by atoms with van der Waals surface area (Å²) in [5.74, 6) is 1.47. The second-order valence-electron chi connectivity index (χ2n) is 3.89. The van der Waals surface area contributed by atoms with Gasteiger partial charge in [-0.05, 0) is 50.1 Å². The topological polar surface area (TPSA) is 30.2 Å². The molecule has 2 nitrogen and oxygen atoms in total. The van der Waals surface area contributed by atoms with Crippen LogP contribution in [0.4, 0.5) is 0 Å². The fourth-order valence-electron chi connectivity index (χ4n) is 1.74. The molecule has 16 heavy (non-hydrogen) atoms. The SMILES string of the molecule is CC=C(C)c1cc(C)c2c(=O)cccc-2o1. The van der Waals surface area contributed by atoms with E-state index in [9.17, 15) is 4.79 Å². The molecule has 0 bridgehead atoms. The van der Waals surface area contributed by atoms with E-state index in [-0.39, 0.29) is 5.43 Å². The number of rotatable bonds is 1. The molecule has 0 aromatic rings. The number of aryl methyl sites for hydroxylation is 1. The number of allylic oxidation sites excluding steroid dienone is 2. The highest BCUT2D eigenvalue weighted by atomic mass is 16.3. The van der Waals surface area contributed by atoms with Gasteiger partial charge >= 0.3 is 0 Å². The predicted molar refractivity (Wildman–Crippen MR) is 65.7 cm³/mol. The van der Waals surface area contributed by atoms with Crippen LogP contribution in [0.15, 0.2) is 39.6 Å². The highest BCUT2D eigenvalue weighted by molar-refractivity contribution is 5.68. The molecular weight excluding hydrogens is 200 g/mol. The van der Waals surface area contributed by atoms with Gasteiger partial charge in [0.1, 0.15) is 11.5 Å². The largest absolute Gasteiger partial charge is 0.456 e. The maximum atomic E-state index is 11.7. The molecule has 2 heteroatoms. The Balaban J connectivity index is 2.79. The van der Waals surface area contributed by atoms with Gasteiger partial charge in [-0.1, -0.05) is 12.1 Å². The molecule has 0 aromatic heterocycles. The molecule has 0 amide bonds. The summed E-state index contributed by atoms with van der Waals surface area (Å²) >= 11 is 0. The van der Waals surface area contributed by atoms with Gasteiger partial charge < -0.3 is 4.42 Å². The summed E-state index contributed by atoms with van der Waals surface area (Å²) in [6.45, 7) is 5.89. The van der Waals surface area contributed by atoms with E-state index in [2.05, 4.69) is 0 Å². The van der Waals surface area contributed by atoms with Crippen molar-refractivity contribution in [3.05, 3.63) is 51.9 Å². The summed E-state index contributed by atoms with van der Waals surface area (Å²) < 4.78 is 5.71. The van der Waals surface area contributed by atoms with E-state index < -0.39 is 0 Å². The van der Waals surface area contributed by atoms with Crippen molar-refractivity contribution in [2.24, 2.45) is 0 Å². The lowest BCUT2D eigenvalue weighted by molar-refractivity contribution is 0.547. The van der Waals surface area contributed by atoms with Gasteiger partial charge in [0.25, 0.3) is 0 Å². The Bertz CT molecular complexity index is 576. The molecule has 1 heterocycles. The average molecular weight is 214 g/mol. The Hall–Kier alpha value is -1.83. The fraction of sp³-hybridized carbons (Fsp3) is 0.214. The van der Waals surface area contributed by atoms with Crippen molar-refractivity contribution in [2.75, 3.05) is 0 Å². The van der Waals surface area contributed by atoms with Gasteiger partial charge in [0.2, 0.25) is 0 Å². The molecular formula is C14H14O2. The standard InChI is InChI=1S/C14H14O2/c1-4-9(2)13-8-10(3)14-11(15)6-5-7-12(14)16-13/h4-8H,1-3H3. The van der Waals surface area contributed by atoms with Crippen LogP contribution < -0.4 is 5.43 Å². The highest BCUT2D eigenvalue weighted by Gasteiger charge is 2.13. The zero-order valence-electron chi connectivity index (χ0n) is 9.70.